The van der Waals surface area contributed by atoms with Crippen LogP contribution >= 0.6 is 0 Å². The van der Waals surface area contributed by atoms with Crippen molar-refractivity contribution in [3.05, 3.63) is 83.4 Å². The van der Waals surface area contributed by atoms with E-state index in [1.807, 2.05) is 99.3 Å². The Labute approximate surface area is 208 Å². The van der Waals surface area contributed by atoms with Crippen molar-refractivity contribution in [1.29, 1.82) is 0 Å². The van der Waals surface area contributed by atoms with Gasteiger partial charge in [-0.1, -0.05) is 66.2 Å². The van der Waals surface area contributed by atoms with Crippen molar-refractivity contribution < 1.29 is 13.2 Å². The zero-order valence-corrected chi connectivity index (χ0v) is 21.6. The van der Waals surface area contributed by atoms with Gasteiger partial charge in [-0.25, -0.2) is 8.42 Å². The molecule has 1 aliphatic heterocycles. The van der Waals surface area contributed by atoms with Crippen LogP contribution in [0.3, 0.4) is 0 Å². The van der Waals surface area contributed by atoms with Crippen molar-refractivity contribution in [1.82, 2.24) is 9.21 Å². The molecule has 0 unspecified atom stereocenters. The third-order valence-corrected chi connectivity index (χ3v) is 8.88. The van der Waals surface area contributed by atoms with Crippen LogP contribution in [0.4, 0.5) is 5.69 Å². The van der Waals surface area contributed by atoms with E-state index in [9.17, 15) is 13.2 Å². The Bertz CT molecular complexity index is 1290. The van der Waals surface area contributed by atoms with E-state index in [-0.39, 0.29) is 11.9 Å². The van der Waals surface area contributed by atoms with Crippen LogP contribution in [-0.2, 0) is 14.8 Å². The average Bonchev–Trinajstić information content (AvgIpc) is 2.83. The normalized spacial score (nSPS) is 16.1. The van der Waals surface area contributed by atoms with Crippen molar-refractivity contribution in [3.63, 3.8) is 0 Å². The Morgan fingerprint density at radius 3 is 2.06 bits per heavy atom. The minimum Gasteiger partial charge on any atom is -0.324 e. The Hall–Kier alpha value is -3.00. The van der Waals surface area contributed by atoms with E-state index < -0.39 is 10.0 Å². The fourth-order valence-corrected chi connectivity index (χ4v) is 6.73. The number of aryl methyl sites for hydroxylation is 3. The van der Waals surface area contributed by atoms with Gasteiger partial charge in [0.15, 0.2) is 0 Å². The lowest BCUT2D eigenvalue weighted by Crippen LogP contribution is -2.54. The van der Waals surface area contributed by atoms with Crippen LogP contribution in [-0.4, -0.2) is 55.8 Å². The maximum Gasteiger partial charge on any atom is 0.243 e. The second-order valence-electron chi connectivity index (χ2n) is 9.24. The molecule has 184 valence electrons. The first kappa shape index (κ1) is 25.1. The maximum absolute atomic E-state index is 13.4. The molecule has 1 fully saturated rings. The molecule has 1 saturated heterocycles. The lowest BCUT2D eigenvalue weighted by molar-refractivity contribution is -0.121. The Balaban J connectivity index is 1.43. The summed E-state index contributed by atoms with van der Waals surface area (Å²) in [6.45, 7) is 9.25. The standard InChI is InChI=1S/C28H33N3O3S/c1-20-18-21(2)27(22(3)19-20)35(33,34)31-16-14-30(15-17-31)23(4)28(32)29-26-13-9-8-12-25(26)24-10-6-5-7-11-24/h5-13,18-19,23H,14-17H2,1-4H3,(H,29,32)/t23-/m0/s1. The van der Waals surface area contributed by atoms with Gasteiger partial charge in [0.05, 0.1) is 10.9 Å². The van der Waals surface area contributed by atoms with Gasteiger partial charge < -0.3 is 5.32 Å². The van der Waals surface area contributed by atoms with E-state index >= 15 is 0 Å². The second kappa shape index (κ2) is 10.3. The van der Waals surface area contributed by atoms with E-state index in [4.69, 9.17) is 0 Å². The average molecular weight is 492 g/mol. The fourth-order valence-electron chi connectivity index (χ4n) is 4.90. The number of sulfonamides is 1. The lowest BCUT2D eigenvalue weighted by Gasteiger charge is -2.37. The summed E-state index contributed by atoms with van der Waals surface area (Å²) in [5.41, 5.74) is 5.37. The number of benzene rings is 3. The molecule has 3 aromatic rings. The largest absolute Gasteiger partial charge is 0.324 e. The third-order valence-electron chi connectivity index (χ3n) is 6.67. The molecule has 1 heterocycles. The molecule has 0 spiro atoms. The quantitative estimate of drug-likeness (QED) is 0.547. The first-order valence-corrected chi connectivity index (χ1v) is 13.4. The van der Waals surface area contributed by atoms with Crippen molar-refractivity contribution >= 4 is 21.6 Å². The Kier molecular flexibility index (Phi) is 7.40. The molecule has 0 saturated carbocycles. The topological polar surface area (TPSA) is 69.7 Å². The summed E-state index contributed by atoms with van der Waals surface area (Å²) in [5.74, 6) is -0.102. The van der Waals surface area contributed by atoms with Gasteiger partial charge in [-0.15, -0.1) is 0 Å². The summed E-state index contributed by atoms with van der Waals surface area (Å²) in [6, 6.07) is 21.2. The van der Waals surface area contributed by atoms with Crippen LogP contribution in [0.2, 0.25) is 0 Å². The molecule has 35 heavy (non-hydrogen) atoms. The van der Waals surface area contributed by atoms with Gasteiger partial charge in [0.2, 0.25) is 15.9 Å². The van der Waals surface area contributed by atoms with Gasteiger partial charge in [0.25, 0.3) is 0 Å². The van der Waals surface area contributed by atoms with Crippen LogP contribution in [0.15, 0.2) is 71.6 Å². The van der Waals surface area contributed by atoms with Crippen molar-refractivity contribution in [2.75, 3.05) is 31.5 Å². The Morgan fingerprint density at radius 1 is 0.857 bits per heavy atom. The number of amides is 1. The number of nitrogens with zero attached hydrogens (tertiary/aromatic N) is 2. The van der Waals surface area contributed by atoms with Gasteiger partial charge in [-0.05, 0) is 50.5 Å². The third kappa shape index (κ3) is 5.32. The van der Waals surface area contributed by atoms with Crippen molar-refractivity contribution in [3.8, 4) is 11.1 Å². The van der Waals surface area contributed by atoms with Gasteiger partial charge >= 0.3 is 0 Å². The summed E-state index contributed by atoms with van der Waals surface area (Å²) in [7, 11) is -3.59. The van der Waals surface area contributed by atoms with Crippen LogP contribution in [0.5, 0.6) is 0 Å². The second-order valence-corrected chi connectivity index (χ2v) is 11.1. The number of hydrogen-bond donors (Lipinski definition) is 1. The highest BCUT2D eigenvalue weighted by Crippen LogP contribution is 2.29. The number of anilines is 1. The molecule has 0 aromatic heterocycles. The fraction of sp³-hybridized carbons (Fsp3) is 0.321. The highest BCUT2D eigenvalue weighted by molar-refractivity contribution is 7.89. The van der Waals surface area contributed by atoms with Crippen LogP contribution in [0, 0.1) is 20.8 Å². The molecule has 1 aliphatic rings. The molecule has 0 bridgehead atoms. The van der Waals surface area contributed by atoms with E-state index in [0.29, 0.717) is 31.1 Å². The summed E-state index contributed by atoms with van der Waals surface area (Å²) >= 11 is 0. The van der Waals surface area contributed by atoms with Crippen molar-refractivity contribution in [2.45, 2.75) is 38.6 Å². The number of nitrogens with one attached hydrogen (secondary N) is 1. The number of rotatable bonds is 6. The summed E-state index contributed by atoms with van der Waals surface area (Å²) in [5, 5.41) is 3.08. The van der Waals surface area contributed by atoms with Gasteiger partial charge in [-0.2, -0.15) is 4.31 Å². The first-order chi connectivity index (χ1) is 16.7. The first-order valence-electron chi connectivity index (χ1n) is 12.0. The smallest absolute Gasteiger partial charge is 0.243 e. The van der Waals surface area contributed by atoms with Crippen LogP contribution in [0.1, 0.15) is 23.6 Å². The molecular formula is C28H33N3O3S. The lowest BCUT2D eigenvalue weighted by atomic mass is 10.0. The molecule has 6 nitrogen and oxygen atoms in total. The van der Waals surface area contributed by atoms with Gasteiger partial charge in [-0.3, -0.25) is 9.69 Å². The predicted molar refractivity (Wildman–Crippen MR) is 141 cm³/mol. The van der Waals surface area contributed by atoms with Crippen LogP contribution in [0.25, 0.3) is 11.1 Å². The van der Waals surface area contributed by atoms with E-state index in [0.717, 1.165) is 33.5 Å². The molecular weight excluding hydrogens is 458 g/mol. The molecule has 0 radical (unpaired) electrons. The van der Waals surface area contributed by atoms with E-state index in [2.05, 4.69) is 5.32 Å². The molecule has 4 rings (SSSR count). The summed E-state index contributed by atoms with van der Waals surface area (Å²) < 4.78 is 28.3. The van der Waals surface area contributed by atoms with E-state index in [1.165, 1.54) is 0 Å². The zero-order valence-electron chi connectivity index (χ0n) is 20.8. The molecule has 1 N–H and O–H groups in total. The molecule has 3 aromatic carbocycles. The van der Waals surface area contributed by atoms with Crippen LogP contribution < -0.4 is 5.32 Å². The van der Waals surface area contributed by atoms with Gasteiger partial charge in [0, 0.05) is 37.4 Å². The summed E-state index contributed by atoms with van der Waals surface area (Å²) in [4.78, 5) is 15.6. The van der Waals surface area contributed by atoms with Gasteiger partial charge in [0.1, 0.15) is 0 Å². The predicted octanol–water partition coefficient (Wildman–Crippen LogP) is 4.61. The SMILES string of the molecule is Cc1cc(C)c(S(=O)(=O)N2CCN([C@@H](C)C(=O)Nc3ccccc3-c3ccccc3)CC2)c(C)c1. The van der Waals surface area contributed by atoms with Crippen molar-refractivity contribution in [2.24, 2.45) is 0 Å². The molecule has 7 heteroatoms. The molecule has 0 aliphatic carbocycles. The molecule has 1 amide bonds. The maximum atomic E-state index is 13.4. The van der Waals surface area contributed by atoms with E-state index in [1.54, 1.807) is 4.31 Å². The molecule has 1 atom stereocenters. The highest BCUT2D eigenvalue weighted by Gasteiger charge is 2.33. The number of carbonyl (C=O) groups is 1. The zero-order chi connectivity index (χ0) is 25.2. The highest BCUT2D eigenvalue weighted by atomic mass is 32.2. The number of para-hydroxylation sites is 1. The Morgan fingerprint density at radius 2 is 1.43 bits per heavy atom. The number of carbonyl (C=O) groups excluding carboxylic acids is 1. The number of piperazine rings is 1. The minimum absolute atomic E-state index is 0.102. The minimum atomic E-state index is -3.59. The monoisotopic (exact) mass is 491 g/mol. The summed E-state index contributed by atoms with van der Waals surface area (Å²) in [6.07, 6.45) is 0. The number of hydrogen-bond acceptors (Lipinski definition) is 4.